The van der Waals surface area contributed by atoms with Crippen molar-refractivity contribution in [3.63, 3.8) is 0 Å². The molecule has 0 spiro atoms. The quantitative estimate of drug-likeness (QED) is 0.110. The maximum Gasteiger partial charge on any atom is 0.532 e. The summed E-state index contributed by atoms with van der Waals surface area (Å²) in [4.78, 5) is 24.7. The molecule has 0 radical (unpaired) electrons. The fourth-order valence-electron chi connectivity index (χ4n) is 4.34. The first-order valence-corrected chi connectivity index (χ1v) is 15.9. The van der Waals surface area contributed by atoms with E-state index in [-0.39, 0.29) is 12.2 Å². The molecule has 3 rings (SSSR count). The third kappa shape index (κ3) is 11.9. The molecule has 0 aliphatic carbocycles. The topological polar surface area (TPSA) is 61.8 Å². The first kappa shape index (κ1) is 31.5. The largest absolute Gasteiger partial charge is 0.532 e. The Hall–Kier alpha value is -2.07. The molecule has 5 nitrogen and oxygen atoms in total. The molecular weight excluding hydrogens is 554 g/mol. The summed E-state index contributed by atoms with van der Waals surface area (Å²) < 4.78 is 17.5. The van der Waals surface area contributed by atoms with Crippen LogP contribution in [0.4, 0.5) is 0 Å². The highest BCUT2D eigenvalue weighted by molar-refractivity contribution is 7.43. The minimum atomic E-state index is -2.01. The first-order chi connectivity index (χ1) is 18.9. The molecule has 0 saturated carbocycles. The number of hydrogen-bond donors (Lipinski definition) is 0. The monoisotopic (exact) mass is 592 g/mol. The first-order valence-electron chi connectivity index (χ1n) is 14.0. The molecule has 2 aromatic rings. The second-order valence-corrected chi connectivity index (χ2v) is 11.7. The van der Waals surface area contributed by atoms with E-state index in [0.29, 0.717) is 53.6 Å². The maximum absolute atomic E-state index is 12.6. The summed E-state index contributed by atoms with van der Waals surface area (Å²) >= 11 is 12.4. The Bertz CT molecular complexity index is 1050. The third-order valence-electron chi connectivity index (χ3n) is 6.52. The van der Waals surface area contributed by atoms with E-state index in [1.807, 2.05) is 12.1 Å². The third-order valence-corrected chi connectivity index (χ3v) is 8.03. The van der Waals surface area contributed by atoms with E-state index in [0.717, 1.165) is 24.0 Å². The molecular formula is C31H39Cl2O5P. The summed E-state index contributed by atoms with van der Waals surface area (Å²) in [5, 5.41) is 1.17. The lowest BCUT2D eigenvalue weighted by Crippen LogP contribution is -2.10. The van der Waals surface area contributed by atoms with Gasteiger partial charge >= 0.3 is 14.6 Å². The van der Waals surface area contributed by atoms with E-state index in [1.54, 1.807) is 24.3 Å². The SMILES string of the molecule is CCCCCCCC/C=C\CCC(=O)CCCCC(=O)OP1Oc2ccc(Cl)cc2Cc2cc(Cl)ccc2O1. The van der Waals surface area contributed by atoms with Crippen molar-refractivity contribution in [1.29, 1.82) is 0 Å². The number of Topliss-reactive ketones (excluding diaryl/α,β-unsaturated/α-hetero) is 1. The number of unbranched alkanes of at least 4 members (excludes halogenated alkanes) is 7. The van der Waals surface area contributed by atoms with Crippen LogP contribution in [0.1, 0.15) is 102 Å². The molecule has 0 N–H and O–H groups in total. The number of carbonyl (C=O) groups is 2. The maximum atomic E-state index is 12.6. The summed E-state index contributed by atoms with van der Waals surface area (Å²) in [6, 6.07) is 10.6. The average molecular weight is 594 g/mol. The van der Waals surface area contributed by atoms with Crippen molar-refractivity contribution < 1.29 is 23.2 Å². The van der Waals surface area contributed by atoms with Crippen LogP contribution in [-0.2, 0) is 20.5 Å². The number of rotatable bonds is 16. The summed E-state index contributed by atoms with van der Waals surface area (Å²) in [5.41, 5.74) is 1.71. The van der Waals surface area contributed by atoms with E-state index < -0.39 is 14.6 Å². The highest BCUT2D eigenvalue weighted by Gasteiger charge is 2.27. The molecule has 0 fully saturated rings. The lowest BCUT2D eigenvalue weighted by atomic mass is 10.0. The van der Waals surface area contributed by atoms with Crippen LogP contribution in [-0.4, -0.2) is 11.8 Å². The van der Waals surface area contributed by atoms with Gasteiger partial charge in [-0.25, -0.2) is 0 Å². The molecule has 0 amide bonds. The summed E-state index contributed by atoms with van der Waals surface area (Å²) in [6.07, 6.45) is 16.9. The Morgan fingerprint density at radius 2 is 1.38 bits per heavy atom. The minimum absolute atomic E-state index is 0.192. The number of halogens is 2. The van der Waals surface area contributed by atoms with Gasteiger partial charge in [0.15, 0.2) is 0 Å². The van der Waals surface area contributed by atoms with Crippen molar-refractivity contribution in [2.45, 2.75) is 96.8 Å². The van der Waals surface area contributed by atoms with Crippen LogP contribution in [0.25, 0.3) is 0 Å². The number of allylic oxidation sites excluding steroid dienone is 2. The van der Waals surface area contributed by atoms with Gasteiger partial charge in [-0.05, 0) is 68.5 Å². The van der Waals surface area contributed by atoms with Gasteiger partial charge in [-0.1, -0.05) is 74.4 Å². The summed E-state index contributed by atoms with van der Waals surface area (Å²) in [7, 11) is -2.01. The smallest absolute Gasteiger partial charge is 0.408 e. The van der Waals surface area contributed by atoms with E-state index in [4.69, 9.17) is 36.8 Å². The molecule has 0 bridgehead atoms. The normalized spacial score (nSPS) is 13.1. The van der Waals surface area contributed by atoms with Gasteiger partial charge in [-0.3, -0.25) is 9.59 Å². The van der Waals surface area contributed by atoms with Crippen LogP contribution in [0.15, 0.2) is 48.6 Å². The molecule has 1 aliphatic rings. The van der Waals surface area contributed by atoms with Crippen LogP contribution in [0.5, 0.6) is 11.5 Å². The number of carbonyl (C=O) groups excluding carboxylic acids is 2. The Labute approximate surface area is 244 Å². The van der Waals surface area contributed by atoms with Crippen molar-refractivity contribution in [1.82, 2.24) is 0 Å². The molecule has 0 unspecified atom stereocenters. The molecule has 212 valence electrons. The Morgan fingerprint density at radius 3 is 2.05 bits per heavy atom. The standard InChI is InChI=1S/C31H39Cl2O5P/c1-2-3-4-5-6-7-8-9-10-11-14-28(34)15-12-13-16-31(35)38-39-36-29-19-17-26(32)22-24(29)21-25-23-27(33)18-20-30(25)37-39/h9-10,17-20,22-23H,2-8,11-16,21H2,1H3/b10-9-. The Balaban J connectivity index is 1.36. The van der Waals surface area contributed by atoms with Gasteiger partial charge in [0.25, 0.3) is 0 Å². The molecule has 0 atom stereocenters. The van der Waals surface area contributed by atoms with Gasteiger partial charge < -0.3 is 13.6 Å². The second-order valence-electron chi connectivity index (χ2n) is 9.86. The molecule has 39 heavy (non-hydrogen) atoms. The number of fused-ring (bicyclic) bond motifs is 2. The summed E-state index contributed by atoms with van der Waals surface area (Å²) in [5.74, 6) is 0.915. The molecule has 1 aliphatic heterocycles. The van der Waals surface area contributed by atoms with Gasteiger partial charge in [-0.2, -0.15) is 0 Å². The predicted molar refractivity (Wildman–Crippen MR) is 160 cm³/mol. The van der Waals surface area contributed by atoms with Crippen LogP contribution in [0.2, 0.25) is 10.0 Å². The van der Waals surface area contributed by atoms with Crippen molar-refractivity contribution in [3.05, 3.63) is 69.7 Å². The van der Waals surface area contributed by atoms with Crippen molar-refractivity contribution in [3.8, 4) is 11.5 Å². The predicted octanol–water partition coefficient (Wildman–Crippen LogP) is 10.3. The van der Waals surface area contributed by atoms with E-state index >= 15 is 0 Å². The fraction of sp³-hybridized carbons (Fsp3) is 0.484. The number of benzene rings is 2. The zero-order valence-electron chi connectivity index (χ0n) is 22.8. The van der Waals surface area contributed by atoms with Gasteiger partial charge in [0.05, 0.1) is 0 Å². The van der Waals surface area contributed by atoms with Crippen molar-refractivity contribution in [2.75, 3.05) is 0 Å². The van der Waals surface area contributed by atoms with Crippen LogP contribution < -0.4 is 9.05 Å². The zero-order valence-corrected chi connectivity index (χ0v) is 25.2. The fourth-order valence-corrected chi connectivity index (χ4v) is 5.78. The van der Waals surface area contributed by atoms with Crippen molar-refractivity contribution >= 4 is 43.6 Å². The Kier molecular flexibility index (Phi) is 14.2. The van der Waals surface area contributed by atoms with Crippen LogP contribution in [0.3, 0.4) is 0 Å². The van der Waals surface area contributed by atoms with Gasteiger partial charge in [-0.15, -0.1) is 0 Å². The Morgan fingerprint density at radius 1 is 0.795 bits per heavy atom. The lowest BCUT2D eigenvalue weighted by molar-refractivity contribution is -0.135. The van der Waals surface area contributed by atoms with E-state index in [2.05, 4.69) is 19.1 Å². The molecule has 0 saturated heterocycles. The van der Waals surface area contributed by atoms with E-state index in [9.17, 15) is 9.59 Å². The highest BCUT2D eigenvalue weighted by Crippen LogP contribution is 2.47. The minimum Gasteiger partial charge on any atom is -0.408 e. The van der Waals surface area contributed by atoms with Crippen LogP contribution >= 0.6 is 31.8 Å². The number of ketones is 1. The number of hydrogen-bond acceptors (Lipinski definition) is 5. The molecule has 2 aromatic carbocycles. The molecule has 8 heteroatoms. The molecule has 1 heterocycles. The summed E-state index contributed by atoms with van der Waals surface area (Å²) in [6.45, 7) is 2.23. The molecule has 0 aromatic heterocycles. The van der Waals surface area contributed by atoms with Gasteiger partial charge in [0.1, 0.15) is 17.3 Å². The average Bonchev–Trinajstić information content (AvgIpc) is 2.89. The van der Waals surface area contributed by atoms with Crippen LogP contribution in [0, 0.1) is 0 Å². The van der Waals surface area contributed by atoms with Crippen molar-refractivity contribution in [2.24, 2.45) is 0 Å². The lowest BCUT2D eigenvalue weighted by Gasteiger charge is -2.23. The zero-order chi connectivity index (χ0) is 27.9. The highest BCUT2D eigenvalue weighted by atomic mass is 35.5. The van der Waals surface area contributed by atoms with Gasteiger partial charge in [0, 0.05) is 46.9 Å². The second kappa shape index (κ2) is 17.6. The van der Waals surface area contributed by atoms with Gasteiger partial charge in [0.2, 0.25) is 0 Å². The van der Waals surface area contributed by atoms with E-state index in [1.165, 1.54) is 38.5 Å².